The predicted octanol–water partition coefficient (Wildman–Crippen LogP) is 5.50. The van der Waals surface area contributed by atoms with E-state index in [-0.39, 0.29) is 5.41 Å². The van der Waals surface area contributed by atoms with E-state index in [1.807, 2.05) is 31.3 Å². The van der Waals surface area contributed by atoms with E-state index in [1.54, 1.807) is 0 Å². The molecule has 1 aliphatic carbocycles. The summed E-state index contributed by atoms with van der Waals surface area (Å²) in [5, 5.41) is 13.0. The molecule has 3 aromatic rings. The Morgan fingerprint density at radius 1 is 1.06 bits per heavy atom. The topological polar surface area (TPSA) is 77.7 Å². The maximum atomic E-state index is 9.29. The smallest absolute Gasteiger partial charge is 0.136 e. The molecule has 2 aromatic heterocycles. The number of aromatic nitrogens is 3. The van der Waals surface area contributed by atoms with Crippen LogP contribution in [0.5, 0.6) is 0 Å². The number of fused-ring (bicyclic) bond motifs is 2. The Hall–Kier alpha value is -3.72. The number of hydrogen-bond donors (Lipinski definition) is 1. The third-order valence-corrected chi connectivity index (χ3v) is 7.55. The zero-order valence-corrected chi connectivity index (χ0v) is 19.5. The summed E-state index contributed by atoms with van der Waals surface area (Å²) in [6.07, 6.45) is 11.6. The Kier molecular flexibility index (Phi) is 5.06. The van der Waals surface area contributed by atoms with Crippen molar-refractivity contribution in [1.82, 2.24) is 15.0 Å². The number of aryl methyl sites for hydroxylation is 3. The third kappa shape index (κ3) is 3.43. The highest BCUT2D eigenvalue weighted by Gasteiger charge is 2.44. The van der Waals surface area contributed by atoms with Gasteiger partial charge in [0.25, 0.3) is 0 Å². The van der Waals surface area contributed by atoms with Crippen LogP contribution in [0, 0.1) is 18.3 Å². The maximum absolute atomic E-state index is 9.29. The highest BCUT2D eigenvalue weighted by atomic mass is 15.2. The first-order chi connectivity index (χ1) is 16.7. The van der Waals surface area contributed by atoms with E-state index in [0.29, 0.717) is 0 Å². The van der Waals surface area contributed by atoms with Gasteiger partial charge in [0, 0.05) is 24.1 Å². The van der Waals surface area contributed by atoms with E-state index >= 15 is 0 Å². The molecule has 1 saturated carbocycles. The van der Waals surface area contributed by atoms with Gasteiger partial charge in [-0.2, -0.15) is 5.26 Å². The van der Waals surface area contributed by atoms with Crippen molar-refractivity contribution in [1.29, 1.82) is 5.26 Å². The zero-order valence-electron chi connectivity index (χ0n) is 19.5. The third-order valence-electron chi connectivity index (χ3n) is 7.55. The van der Waals surface area contributed by atoms with Crippen LogP contribution in [0.25, 0.3) is 0 Å². The lowest BCUT2D eigenvalue weighted by molar-refractivity contribution is 0.287. The van der Waals surface area contributed by atoms with Crippen molar-refractivity contribution >= 4 is 17.2 Å². The molecule has 0 amide bonds. The van der Waals surface area contributed by atoms with Gasteiger partial charge in [0.05, 0.1) is 34.1 Å². The van der Waals surface area contributed by atoms with Crippen LogP contribution in [0.3, 0.4) is 0 Å². The molecule has 1 N–H and O–H groups in total. The highest BCUT2D eigenvalue weighted by Crippen LogP contribution is 2.50. The van der Waals surface area contributed by atoms with Gasteiger partial charge < -0.3 is 10.2 Å². The first-order valence-corrected chi connectivity index (χ1v) is 12.2. The quantitative estimate of drug-likeness (QED) is 0.570. The molecule has 34 heavy (non-hydrogen) atoms. The number of nitrogens with zero attached hydrogens (tertiary/aromatic N) is 5. The second-order valence-electron chi connectivity index (χ2n) is 9.58. The lowest BCUT2D eigenvalue weighted by Crippen LogP contribution is -2.40. The number of rotatable bonds is 3. The average Bonchev–Trinajstić information content (AvgIpc) is 3.05. The number of anilines is 3. The molecule has 2 aliphatic heterocycles. The van der Waals surface area contributed by atoms with E-state index in [1.165, 1.54) is 34.8 Å². The number of hydrogen-bond acceptors (Lipinski definition) is 6. The minimum absolute atomic E-state index is 0.0572. The van der Waals surface area contributed by atoms with Gasteiger partial charge in [-0.25, -0.2) is 9.97 Å². The Morgan fingerprint density at radius 3 is 2.76 bits per heavy atom. The molecule has 3 aliphatic rings. The highest BCUT2D eigenvalue weighted by molar-refractivity contribution is 5.65. The van der Waals surface area contributed by atoms with Gasteiger partial charge in [0.2, 0.25) is 0 Å². The van der Waals surface area contributed by atoms with E-state index in [9.17, 15) is 5.26 Å². The van der Waals surface area contributed by atoms with Crippen molar-refractivity contribution in [3.8, 4) is 6.07 Å². The van der Waals surface area contributed by atoms with Crippen molar-refractivity contribution in [2.45, 2.75) is 57.3 Å². The Balaban J connectivity index is 1.35. The van der Waals surface area contributed by atoms with E-state index in [2.05, 4.69) is 50.5 Å². The van der Waals surface area contributed by atoms with Gasteiger partial charge >= 0.3 is 0 Å². The number of nitriles is 1. The molecule has 6 heteroatoms. The first kappa shape index (κ1) is 20.9. The fourth-order valence-electron chi connectivity index (χ4n) is 5.62. The number of benzene rings is 1. The summed E-state index contributed by atoms with van der Waals surface area (Å²) in [7, 11) is 0. The van der Waals surface area contributed by atoms with Crippen LogP contribution in [0.2, 0.25) is 0 Å². The molecule has 1 aromatic carbocycles. The molecule has 0 saturated heterocycles. The molecule has 4 heterocycles. The fourth-order valence-corrected chi connectivity index (χ4v) is 5.62. The fraction of sp³-hybridized carbons (Fsp3) is 0.357. The second-order valence-corrected chi connectivity index (χ2v) is 9.58. The molecular formula is C28H28N6. The molecule has 0 spiro atoms. The Bertz CT molecular complexity index is 1330. The van der Waals surface area contributed by atoms with Gasteiger partial charge in [-0.15, -0.1) is 0 Å². The standard InChI is InChI=1S/C28H28N6/c1-19-30-15-12-27(31-19)34-16-3-6-23-24(34)10-11-26(33-23)28(13-4-14-28)25-7-2-5-21-17-20(18-29)8-9-22(21)32-25/h7-12,15,17,32H,2-6,13-14,16H2,1H3. The van der Waals surface area contributed by atoms with Gasteiger partial charge in [-0.1, -0.05) is 12.5 Å². The van der Waals surface area contributed by atoms with Crippen LogP contribution in [-0.2, 0) is 18.3 Å². The van der Waals surface area contributed by atoms with Crippen LogP contribution in [-0.4, -0.2) is 21.5 Å². The summed E-state index contributed by atoms with van der Waals surface area (Å²) < 4.78 is 0. The Labute approximate surface area is 200 Å². The van der Waals surface area contributed by atoms with Crippen molar-refractivity contribution in [3.63, 3.8) is 0 Å². The minimum Gasteiger partial charge on any atom is -0.358 e. The van der Waals surface area contributed by atoms with Crippen molar-refractivity contribution in [3.05, 3.63) is 82.7 Å². The number of nitrogens with one attached hydrogen (secondary N) is 1. The van der Waals surface area contributed by atoms with Gasteiger partial charge in [0.15, 0.2) is 0 Å². The number of pyridine rings is 1. The molecule has 0 unspecified atom stereocenters. The molecule has 6 nitrogen and oxygen atoms in total. The lowest BCUT2D eigenvalue weighted by Gasteiger charge is -2.44. The van der Waals surface area contributed by atoms with Crippen LogP contribution in [0.15, 0.2) is 54.4 Å². The summed E-state index contributed by atoms with van der Waals surface area (Å²) in [6, 6.07) is 14.7. The van der Waals surface area contributed by atoms with Crippen LogP contribution >= 0.6 is 0 Å². The summed E-state index contributed by atoms with van der Waals surface area (Å²) in [5.74, 6) is 1.74. The van der Waals surface area contributed by atoms with E-state index in [0.717, 1.165) is 68.0 Å². The molecule has 6 rings (SSSR count). The predicted molar refractivity (Wildman–Crippen MR) is 133 cm³/mol. The van der Waals surface area contributed by atoms with Crippen LogP contribution < -0.4 is 10.2 Å². The molecule has 0 radical (unpaired) electrons. The second kappa shape index (κ2) is 8.25. The van der Waals surface area contributed by atoms with E-state index in [4.69, 9.17) is 4.98 Å². The molecular weight excluding hydrogens is 420 g/mol. The summed E-state index contributed by atoms with van der Waals surface area (Å²) in [5.41, 5.74) is 7.79. The average molecular weight is 449 g/mol. The SMILES string of the molecule is Cc1nccc(N2CCCc3nc(C4(C5=CCCc6cc(C#N)ccc6N5)CCC4)ccc32)n1. The first-order valence-electron chi connectivity index (χ1n) is 12.2. The van der Waals surface area contributed by atoms with Crippen molar-refractivity contribution in [2.75, 3.05) is 16.8 Å². The van der Waals surface area contributed by atoms with Gasteiger partial charge in [-0.05, 0) is 87.4 Å². The van der Waals surface area contributed by atoms with Crippen LogP contribution in [0.1, 0.15) is 60.4 Å². The van der Waals surface area contributed by atoms with Gasteiger partial charge in [-0.3, -0.25) is 4.98 Å². The monoisotopic (exact) mass is 448 g/mol. The van der Waals surface area contributed by atoms with Gasteiger partial charge in [0.1, 0.15) is 11.6 Å². The zero-order chi connectivity index (χ0) is 23.1. The lowest BCUT2D eigenvalue weighted by atomic mass is 9.64. The maximum Gasteiger partial charge on any atom is 0.136 e. The Morgan fingerprint density at radius 2 is 1.97 bits per heavy atom. The van der Waals surface area contributed by atoms with Crippen LogP contribution in [0.4, 0.5) is 17.2 Å². The van der Waals surface area contributed by atoms with Crippen molar-refractivity contribution < 1.29 is 0 Å². The van der Waals surface area contributed by atoms with Crippen molar-refractivity contribution in [2.24, 2.45) is 0 Å². The molecule has 0 atom stereocenters. The molecule has 1 fully saturated rings. The molecule has 170 valence electrons. The minimum atomic E-state index is -0.0572. The number of allylic oxidation sites excluding steroid dienone is 2. The summed E-state index contributed by atoms with van der Waals surface area (Å²) >= 11 is 0. The largest absolute Gasteiger partial charge is 0.358 e. The normalized spacial score (nSPS) is 18.4. The van der Waals surface area contributed by atoms with E-state index < -0.39 is 0 Å². The molecule has 0 bridgehead atoms. The summed E-state index contributed by atoms with van der Waals surface area (Å²) in [6.45, 7) is 2.88. The summed E-state index contributed by atoms with van der Waals surface area (Å²) in [4.78, 5) is 16.5.